The molecule has 0 unspecified atom stereocenters. The van der Waals surface area contributed by atoms with Gasteiger partial charge in [0.05, 0.1) is 11.4 Å². The number of benzene rings is 1. The molecular formula is C24H19F2N5O3. The second kappa shape index (κ2) is 7.62. The van der Waals surface area contributed by atoms with Gasteiger partial charge in [0.15, 0.2) is 11.6 Å². The molecule has 0 fully saturated rings. The Balaban J connectivity index is 1.81. The third-order valence-electron chi connectivity index (χ3n) is 6.01. The first-order valence-corrected chi connectivity index (χ1v) is 10.4. The summed E-state index contributed by atoms with van der Waals surface area (Å²) in [6.07, 6.45) is 4.45. The highest BCUT2D eigenvalue weighted by Crippen LogP contribution is 2.49. The minimum absolute atomic E-state index is 0.158. The van der Waals surface area contributed by atoms with Gasteiger partial charge < -0.3 is 15.3 Å². The molecule has 0 amide bonds. The predicted molar refractivity (Wildman–Crippen MR) is 124 cm³/mol. The number of carboxylic acid groups (broad SMARTS) is 1. The van der Waals surface area contributed by atoms with Crippen LogP contribution in [-0.4, -0.2) is 46.6 Å². The highest BCUT2D eigenvalue weighted by atomic mass is 19.2. The molecule has 3 aromatic heterocycles. The van der Waals surface area contributed by atoms with Crippen LogP contribution in [0.15, 0.2) is 41.6 Å². The zero-order valence-electron chi connectivity index (χ0n) is 18.5. The van der Waals surface area contributed by atoms with E-state index >= 15 is 4.39 Å². The van der Waals surface area contributed by atoms with Crippen LogP contribution < -0.4 is 15.8 Å². The molecule has 3 heterocycles. The van der Waals surface area contributed by atoms with Crippen molar-refractivity contribution in [2.24, 2.45) is 0 Å². The van der Waals surface area contributed by atoms with Crippen molar-refractivity contribution in [3.8, 4) is 22.3 Å². The first-order chi connectivity index (χ1) is 16.2. The van der Waals surface area contributed by atoms with E-state index in [9.17, 15) is 19.1 Å². The zero-order valence-corrected chi connectivity index (χ0v) is 18.5. The van der Waals surface area contributed by atoms with Gasteiger partial charge in [-0.1, -0.05) is 0 Å². The highest BCUT2D eigenvalue weighted by Gasteiger charge is 2.32. The molecule has 1 aliphatic carbocycles. The fraction of sp³-hybridized carbons (Fsp3) is 0.167. The van der Waals surface area contributed by atoms with Gasteiger partial charge in [-0.3, -0.25) is 14.2 Å². The minimum Gasteiger partial charge on any atom is -0.477 e. The van der Waals surface area contributed by atoms with Crippen molar-refractivity contribution in [1.29, 1.82) is 0 Å². The number of fused-ring (bicyclic) bond motifs is 4. The zero-order chi connectivity index (χ0) is 24.3. The summed E-state index contributed by atoms with van der Waals surface area (Å²) in [6, 6.07) is 4.44. The molecule has 0 saturated heterocycles. The standard InChI is InChI=1S/C24H19F2N5O3/c1-27-16-7-15(25)21(26)19-12(16)6-17-20(19)22(30(2)3)13(8-28-17)11-4-5-18-29-9-14(24(33)34)23(32)31(18)10-11/h4-5,7-10,27H,6H2,1-3H3,(H,33,34). The van der Waals surface area contributed by atoms with Crippen LogP contribution in [0.3, 0.4) is 0 Å². The summed E-state index contributed by atoms with van der Waals surface area (Å²) in [5.41, 5.74) is 3.16. The molecule has 1 aliphatic rings. The number of hydrogen-bond donors (Lipinski definition) is 2. The molecular weight excluding hydrogens is 444 g/mol. The fourth-order valence-corrected chi connectivity index (χ4v) is 4.49. The van der Waals surface area contributed by atoms with Gasteiger partial charge in [0.25, 0.3) is 5.56 Å². The summed E-state index contributed by atoms with van der Waals surface area (Å²) in [7, 11) is 5.21. The fourth-order valence-electron chi connectivity index (χ4n) is 4.49. The predicted octanol–water partition coefficient (Wildman–Crippen LogP) is 3.41. The molecule has 10 heteroatoms. The van der Waals surface area contributed by atoms with E-state index in [-0.39, 0.29) is 11.2 Å². The topological polar surface area (TPSA) is 99.8 Å². The van der Waals surface area contributed by atoms with Gasteiger partial charge >= 0.3 is 5.97 Å². The average molecular weight is 463 g/mol. The number of nitrogens with zero attached hydrogens (tertiary/aromatic N) is 4. The molecule has 0 radical (unpaired) electrons. The smallest absolute Gasteiger partial charge is 0.342 e. The molecule has 0 bridgehead atoms. The molecule has 1 aromatic carbocycles. The lowest BCUT2D eigenvalue weighted by atomic mass is 9.98. The first-order valence-electron chi connectivity index (χ1n) is 10.4. The Hall–Kier alpha value is -4.34. The molecule has 0 spiro atoms. The van der Waals surface area contributed by atoms with Crippen molar-refractivity contribution >= 4 is 23.0 Å². The maximum absolute atomic E-state index is 15.1. The van der Waals surface area contributed by atoms with Crippen LogP contribution in [0.4, 0.5) is 20.2 Å². The Morgan fingerprint density at radius 1 is 1.18 bits per heavy atom. The van der Waals surface area contributed by atoms with Crippen molar-refractivity contribution in [2.45, 2.75) is 6.42 Å². The number of anilines is 2. The van der Waals surface area contributed by atoms with Gasteiger partial charge in [0, 0.05) is 80.2 Å². The number of hydrogen-bond acceptors (Lipinski definition) is 6. The van der Waals surface area contributed by atoms with Crippen LogP contribution in [0.1, 0.15) is 21.6 Å². The van der Waals surface area contributed by atoms with Crippen LogP contribution in [0.2, 0.25) is 0 Å². The van der Waals surface area contributed by atoms with E-state index in [4.69, 9.17) is 0 Å². The second-order valence-corrected chi connectivity index (χ2v) is 8.17. The molecule has 0 aliphatic heterocycles. The van der Waals surface area contributed by atoms with E-state index in [2.05, 4.69) is 15.3 Å². The molecule has 0 saturated carbocycles. The maximum Gasteiger partial charge on any atom is 0.342 e. The van der Waals surface area contributed by atoms with Crippen molar-refractivity contribution in [3.63, 3.8) is 0 Å². The number of nitrogens with one attached hydrogen (secondary N) is 1. The number of pyridine rings is 2. The Morgan fingerprint density at radius 3 is 2.62 bits per heavy atom. The summed E-state index contributed by atoms with van der Waals surface area (Å²) >= 11 is 0. The van der Waals surface area contributed by atoms with Crippen LogP contribution in [0.25, 0.3) is 27.9 Å². The lowest BCUT2D eigenvalue weighted by Crippen LogP contribution is -2.22. The summed E-state index contributed by atoms with van der Waals surface area (Å²) in [5.74, 6) is -3.28. The lowest BCUT2D eigenvalue weighted by Gasteiger charge is -2.22. The van der Waals surface area contributed by atoms with Crippen molar-refractivity contribution in [3.05, 3.63) is 75.6 Å². The van der Waals surface area contributed by atoms with E-state index in [0.29, 0.717) is 45.7 Å². The van der Waals surface area contributed by atoms with Gasteiger partial charge in [-0.15, -0.1) is 0 Å². The summed E-state index contributed by atoms with van der Waals surface area (Å²) in [6.45, 7) is 0. The highest BCUT2D eigenvalue weighted by molar-refractivity contribution is 5.96. The number of aromatic nitrogens is 3. The summed E-state index contributed by atoms with van der Waals surface area (Å²) in [5, 5.41) is 12.2. The van der Waals surface area contributed by atoms with E-state index in [1.54, 1.807) is 44.4 Å². The molecule has 34 heavy (non-hydrogen) atoms. The average Bonchev–Trinajstić information content (AvgIpc) is 3.20. The van der Waals surface area contributed by atoms with E-state index in [1.165, 1.54) is 6.20 Å². The third-order valence-corrected chi connectivity index (χ3v) is 6.01. The minimum atomic E-state index is -1.38. The molecule has 8 nitrogen and oxygen atoms in total. The number of halogens is 2. The molecule has 172 valence electrons. The van der Waals surface area contributed by atoms with Gasteiger partial charge in [-0.25, -0.2) is 18.6 Å². The second-order valence-electron chi connectivity index (χ2n) is 8.17. The Morgan fingerprint density at radius 2 is 1.94 bits per heavy atom. The Labute approximate surface area is 192 Å². The molecule has 0 atom stereocenters. The van der Waals surface area contributed by atoms with Crippen molar-refractivity contribution in [2.75, 3.05) is 31.4 Å². The van der Waals surface area contributed by atoms with E-state index in [0.717, 1.165) is 16.7 Å². The van der Waals surface area contributed by atoms with Crippen LogP contribution in [0.5, 0.6) is 0 Å². The maximum atomic E-state index is 15.1. The van der Waals surface area contributed by atoms with Gasteiger partial charge in [-0.2, -0.15) is 0 Å². The molecule has 5 rings (SSSR count). The van der Waals surface area contributed by atoms with E-state index in [1.807, 2.05) is 0 Å². The normalized spacial score (nSPS) is 11.9. The summed E-state index contributed by atoms with van der Waals surface area (Å²) < 4.78 is 30.7. The Bertz CT molecular complexity index is 1580. The van der Waals surface area contributed by atoms with Crippen molar-refractivity contribution < 1.29 is 18.7 Å². The van der Waals surface area contributed by atoms with Gasteiger partial charge in [0.1, 0.15) is 11.2 Å². The monoisotopic (exact) mass is 463 g/mol. The van der Waals surface area contributed by atoms with E-state index < -0.39 is 28.7 Å². The quantitative estimate of drug-likeness (QED) is 0.421. The van der Waals surface area contributed by atoms with Crippen LogP contribution in [-0.2, 0) is 6.42 Å². The van der Waals surface area contributed by atoms with Crippen molar-refractivity contribution in [1.82, 2.24) is 14.4 Å². The van der Waals surface area contributed by atoms with Crippen LogP contribution >= 0.6 is 0 Å². The number of carboxylic acids is 1. The largest absolute Gasteiger partial charge is 0.477 e. The Kier molecular flexibility index (Phi) is 4.82. The SMILES string of the molecule is CNc1cc(F)c(F)c2c1Cc1ncc(-c3ccc4ncc(C(=O)O)c(=O)n4c3)c(N(C)C)c1-2. The van der Waals surface area contributed by atoms with Gasteiger partial charge in [-0.05, 0) is 17.7 Å². The lowest BCUT2D eigenvalue weighted by molar-refractivity contribution is 0.0694. The van der Waals surface area contributed by atoms with Crippen LogP contribution in [0, 0.1) is 11.6 Å². The number of aromatic carboxylic acids is 1. The molecule has 2 N–H and O–H groups in total. The summed E-state index contributed by atoms with van der Waals surface area (Å²) in [4.78, 5) is 34.4. The third kappa shape index (κ3) is 3.02. The van der Waals surface area contributed by atoms with Gasteiger partial charge in [0.2, 0.25) is 0 Å². The molecule has 4 aromatic rings. The first kappa shape index (κ1) is 21.5. The number of rotatable bonds is 4. The number of carbonyl (C=O) groups is 1.